The Kier molecular flexibility index (Phi) is 14.3. The number of hydrogen-bond acceptors (Lipinski definition) is 7. The number of pyridine rings is 1. The fraction of sp³-hybridized carbons (Fsp3) is 0.289. The number of methoxy groups -OCH3 is 1. The first-order valence-electron chi connectivity index (χ1n) is 18.2. The Balaban J connectivity index is 0.00000561. The standard InChI is InChI=1S/C45H49N3O5.BrH/c1-32-6-15-41(16-7-32)52-35(4)28-36-8-10-37(11-9-36)30-47-22-24-48(25-23-47)44(49)21-14-39-26-33(2)45(34(3)27-39)53-43-20-19-42(29-46-43)51-31-38-12-17-40(50-5)18-13-38;/h6-21,26-27,29,35H,22-25,28,30-31H2,1-5H3;1H/b21-14+;. The van der Waals surface area contributed by atoms with Crippen molar-refractivity contribution in [1.29, 1.82) is 0 Å². The number of hydrogen-bond donors (Lipinski definition) is 0. The van der Waals surface area contributed by atoms with E-state index in [1.165, 1.54) is 16.7 Å². The highest BCUT2D eigenvalue weighted by atomic mass is 79.9. The second kappa shape index (κ2) is 19.3. The predicted octanol–water partition coefficient (Wildman–Crippen LogP) is 9.33. The van der Waals surface area contributed by atoms with Crippen LogP contribution in [0.1, 0.15) is 45.9 Å². The number of aromatic nitrogens is 1. The van der Waals surface area contributed by atoms with Crippen LogP contribution in [0.3, 0.4) is 0 Å². The molecule has 1 unspecified atom stereocenters. The second-order valence-electron chi connectivity index (χ2n) is 13.8. The molecule has 9 heteroatoms. The van der Waals surface area contributed by atoms with Crippen LogP contribution in [0, 0.1) is 20.8 Å². The van der Waals surface area contributed by atoms with E-state index in [0.717, 1.165) is 65.6 Å². The highest BCUT2D eigenvalue weighted by molar-refractivity contribution is 8.93. The summed E-state index contributed by atoms with van der Waals surface area (Å²) in [7, 11) is 1.65. The smallest absolute Gasteiger partial charge is 0.246 e. The first-order valence-corrected chi connectivity index (χ1v) is 18.2. The molecule has 0 saturated carbocycles. The fourth-order valence-electron chi connectivity index (χ4n) is 6.41. The van der Waals surface area contributed by atoms with Gasteiger partial charge in [-0.2, -0.15) is 0 Å². The Morgan fingerprint density at radius 3 is 2.02 bits per heavy atom. The lowest BCUT2D eigenvalue weighted by Crippen LogP contribution is -2.47. The number of nitrogens with zero attached hydrogens (tertiary/aromatic N) is 3. The average Bonchev–Trinajstić information content (AvgIpc) is 3.17. The minimum Gasteiger partial charge on any atom is -0.497 e. The Morgan fingerprint density at radius 2 is 1.39 bits per heavy atom. The quantitative estimate of drug-likeness (QED) is 0.104. The summed E-state index contributed by atoms with van der Waals surface area (Å²) in [6.45, 7) is 12.6. The average molecular weight is 793 g/mol. The SMILES string of the molecule is Br.COc1ccc(COc2ccc(Oc3c(C)cc(/C=C/C(=O)N4CCN(Cc5ccc(CC(C)Oc6ccc(C)cc6)cc5)CC4)cc3C)nc2)cc1. The van der Waals surface area contributed by atoms with Crippen LogP contribution >= 0.6 is 17.0 Å². The number of carbonyl (C=O) groups excluding carboxylic acids is 1. The molecule has 1 fully saturated rings. The molecule has 282 valence electrons. The van der Waals surface area contributed by atoms with Gasteiger partial charge in [0.2, 0.25) is 11.8 Å². The van der Waals surface area contributed by atoms with Gasteiger partial charge in [-0.1, -0.05) is 54.1 Å². The third-order valence-electron chi connectivity index (χ3n) is 9.38. The Labute approximate surface area is 330 Å². The molecular formula is C45H50BrN3O5. The van der Waals surface area contributed by atoms with Gasteiger partial charge < -0.3 is 23.8 Å². The molecule has 8 nitrogen and oxygen atoms in total. The molecule has 1 aliphatic heterocycles. The molecule has 0 spiro atoms. The predicted molar refractivity (Wildman–Crippen MR) is 220 cm³/mol. The molecule has 0 bridgehead atoms. The molecule has 1 aliphatic rings. The van der Waals surface area contributed by atoms with Crippen molar-refractivity contribution in [3.05, 3.63) is 148 Å². The zero-order valence-electron chi connectivity index (χ0n) is 31.8. The van der Waals surface area contributed by atoms with Gasteiger partial charge in [0, 0.05) is 51.3 Å². The molecule has 6 rings (SSSR count). The Bertz CT molecular complexity index is 1950. The minimum atomic E-state index is 0. The van der Waals surface area contributed by atoms with Crippen LogP contribution in [-0.4, -0.2) is 60.1 Å². The summed E-state index contributed by atoms with van der Waals surface area (Å²) in [4.78, 5) is 21.9. The monoisotopic (exact) mass is 791 g/mol. The van der Waals surface area contributed by atoms with Gasteiger partial charge in [0.15, 0.2) is 0 Å². The summed E-state index contributed by atoms with van der Waals surface area (Å²) in [5.74, 6) is 3.64. The van der Waals surface area contributed by atoms with E-state index in [4.69, 9.17) is 18.9 Å². The van der Waals surface area contributed by atoms with Gasteiger partial charge >= 0.3 is 0 Å². The summed E-state index contributed by atoms with van der Waals surface area (Å²) in [6, 6.07) is 32.5. The van der Waals surface area contributed by atoms with Crippen molar-refractivity contribution in [2.45, 2.75) is 53.4 Å². The third kappa shape index (κ3) is 11.4. The largest absolute Gasteiger partial charge is 0.497 e. The Hall–Kier alpha value is -5.12. The lowest BCUT2D eigenvalue weighted by molar-refractivity contribution is -0.127. The maximum atomic E-state index is 13.1. The molecule has 0 aliphatic carbocycles. The lowest BCUT2D eigenvalue weighted by Gasteiger charge is -2.34. The van der Waals surface area contributed by atoms with Crippen LogP contribution in [-0.2, 0) is 24.4 Å². The molecule has 54 heavy (non-hydrogen) atoms. The van der Waals surface area contributed by atoms with E-state index in [2.05, 4.69) is 60.1 Å². The molecule has 0 N–H and O–H groups in total. The summed E-state index contributed by atoms with van der Waals surface area (Å²) < 4.78 is 23.4. The van der Waals surface area contributed by atoms with Gasteiger partial charge in [-0.25, -0.2) is 4.98 Å². The van der Waals surface area contributed by atoms with E-state index in [1.54, 1.807) is 25.4 Å². The number of amides is 1. The highest BCUT2D eigenvalue weighted by Gasteiger charge is 2.20. The van der Waals surface area contributed by atoms with E-state index >= 15 is 0 Å². The fourth-order valence-corrected chi connectivity index (χ4v) is 6.41. The van der Waals surface area contributed by atoms with E-state index in [-0.39, 0.29) is 29.0 Å². The van der Waals surface area contributed by atoms with E-state index in [0.29, 0.717) is 31.3 Å². The van der Waals surface area contributed by atoms with E-state index < -0.39 is 0 Å². The Morgan fingerprint density at radius 1 is 0.778 bits per heavy atom. The zero-order valence-corrected chi connectivity index (χ0v) is 33.5. The summed E-state index contributed by atoms with van der Waals surface area (Å²) in [5, 5.41) is 0. The number of rotatable bonds is 14. The minimum absolute atomic E-state index is 0. The normalized spacial score (nSPS) is 13.6. The number of halogens is 1. The van der Waals surface area contributed by atoms with Crippen LogP contribution in [0.2, 0.25) is 0 Å². The van der Waals surface area contributed by atoms with Crippen LogP contribution in [0.25, 0.3) is 6.08 Å². The number of ether oxygens (including phenoxy) is 4. The molecular weight excluding hydrogens is 742 g/mol. The molecule has 5 aromatic rings. The van der Waals surface area contributed by atoms with Crippen molar-refractivity contribution >= 4 is 29.0 Å². The summed E-state index contributed by atoms with van der Waals surface area (Å²) in [5.41, 5.74) is 7.69. The first-order chi connectivity index (χ1) is 25.7. The maximum absolute atomic E-state index is 13.1. The van der Waals surface area contributed by atoms with Crippen LogP contribution < -0.4 is 18.9 Å². The van der Waals surface area contributed by atoms with Crippen molar-refractivity contribution in [2.75, 3.05) is 33.3 Å². The topological polar surface area (TPSA) is 73.4 Å². The van der Waals surface area contributed by atoms with Crippen LogP contribution in [0.5, 0.6) is 28.9 Å². The van der Waals surface area contributed by atoms with Crippen molar-refractivity contribution in [3.63, 3.8) is 0 Å². The number of benzene rings is 4. The van der Waals surface area contributed by atoms with Crippen molar-refractivity contribution in [1.82, 2.24) is 14.8 Å². The molecule has 1 saturated heterocycles. The molecule has 1 atom stereocenters. The third-order valence-corrected chi connectivity index (χ3v) is 9.38. The van der Waals surface area contributed by atoms with Gasteiger partial charge in [0.1, 0.15) is 29.6 Å². The molecule has 0 radical (unpaired) electrons. The highest BCUT2D eigenvalue weighted by Crippen LogP contribution is 2.30. The van der Waals surface area contributed by atoms with Gasteiger partial charge in [-0.05, 0) is 110 Å². The summed E-state index contributed by atoms with van der Waals surface area (Å²) in [6.07, 6.45) is 6.18. The summed E-state index contributed by atoms with van der Waals surface area (Å²) >= 11 is 0. The number of carbonyl (C=O) groups is 1. The van der Waals surface area contributed by atoms with Gasteiger partial charge in [0.05, 0.1) is 19.4 Å². The number of piperazine rings is 1. The maximum Gasteiger partial charge on any atom is 0.246 e. The van der Waals surface area contributed by atoms with E-state index in [1.807, 2.05) is 79.4 Å². The van der Waals surface area contributed by atoms with Gasteiger partial charge in [0.25, 0.3) is 0 Å². The van der Waals surface area contributed by atoms with Crippen LogP contribution in [0.15, 0.2) is 109 Å². The van der Waals surface area contributed by atoms with Crippen molar-refractivity contribution in [3.8, 4) is 28.9 Å². The molecule has 1 amide bonds. The van der Waals surface area contributed by atoms with Gasteiger partial charge in [-0.15, -0.1) is 17.0 Å². The van der Waals surface area contributed by atoms with Gasteiger partial charge in [-0.3, -0.25) is 9.69 Å². The second-order valence-corrected chi connectivity index (χ2v) is 13.8. The molecule has 1 aromatic heterocycles. The van der Waals surface area contributed by atoms with Crippen molar-refractivity contribution < 1.29 is 23.7 Å². The zero-order chi connectivity index (χ0) is 37.2. The van der Waals surface area contributed by atoms with E-state index in [9.17, 15) is 4.79 Å². The lowest BCUT2D eigenvalue weighted by atomic mass is 10.0. The molecule has 4 aromatic carbocycles. The first kappa shape index (κ1) is 40.1. The van der Waals surface area contributed by atoms with Crippen molar-refractivity contribution in [2.24, 2.45) is 0 Å². The number of aryl methyl sites for hydroxylation is 3. The molecule has 2 heterocycles. The van der Waals surface area contributed by atoms with Crippen LogP contribution in [0.4, 0.5) is 0 Å².